The third kappa shape index (κ3) is 48.6. The van der Waals surface area contributed by atoms with E-state index in [4.69, 9.17) is 0 Å². The van der Waals surface area contributed by atoms with Crippen LogP contribution in [0.15, 0.2) is 0 Å². The summed E-state index contributed by atoms with van der Waals surface area (Å²) in [4.78, 5) is 0. The second-order valence-electron chi connectivity index (χ2n) is 0. The third-order valence-corrected chi connectivity index (χ3v) is 0. The van der Waals surface area contributed by atoms with Crippen molar-refractivity contribution in [2.45, 2.75) is 0 Å². The predicted molar refractivity (Wildman–Crippen MR) is 0 cm³/mol. The zero-order valence-electron chi connectivity index (χ0n) is 3.21. The van der Waals surface area contributed by atoms with Gasteiger partial charge in [-0.25, -0.2) is 0 Å². The molecule has 0 aliphatic rings. The van der Waals surface area contributed by atoms with Crippen LogP contribution in [-0.2, 0) is 139 Å². The molecule has 0 unspecified atom stereocenters. The van der Waals surface area contributed by atoms with Crippen molar-refractivity contribution in [2.24, 2.45) is 0 Å². The van der Waals surface area contributed by atoms with Gasteiger partial charge in [0.05, 0.1) is 0 Å². The molecular weight excluding hydrogens is 420 g/mol. The molecule has 0 heterocycles. The van der Waals surface area contributed by atoms with Crippen molar-refractivity contribution in [3.8, 4) is 0 Å². The summed E-state index contributed by atoms with van der Waals surface area (Å²) in [7, 11) is 0. The maximum absolute atomic E-state index is 0. The quantitative estimate of drug-likeness (QED) is 0.484. The van der Waals surface area contributed by atoms with Gasteiger partial charge in [0.25, 0.3) is 0 Å². The molecular formula is Cr7Fe. The SMILES string of the molecule is [Cr].[Cr].[Cr].[Cr].[Cr].[Cr].[Cr].[Fe]. The number of rotatable bonds is 0. The molecule has 0 nitrogen and oxygen atoms in total. The normalized spacial score (nSPS) is 0. The Labute approximate surface area is 136 Å². The summed E-state index contributed by atoms with van der Waals surface area (Å²) in [5, 5.41) is 0. The van der Waals surface area contributed by atoms with E-state index in [-0.39, 0.29) is 139 Å². The standard InChI is InChI=1S/7Cr.Fe. The zero-order chi connectivity index (χ0) is 0. The van der Waals surface area contributed by atoms with Crippen LogP contribution in [0.25, 0.3) is 0 Å². The van der Waals surface area contributed by atoms with Gasteiger partial charge in [0.1, 0.15) is 0 Å². The second kappa shape index (κ2) is 65.5. The van der Waals surface area contributed by atoms with Crippen molar-refractivity contribution in [3.63, 3.8) is 0 Å². The van der Waals surface area contributed by atoms with Gasteiger partial charge in [-0.3, -0.25) is 0 Å². The first-order chi connectivity index (χ1) is 0. The van der Waals surface area contributed by atoms with Crippen molar-refractivity contribution in [3.05, 3.63) is 0 Å². The van der Waals surface area contributed by atoms with E-state index in [1.165, 1.54) is 0 Å². The summed E-state index contributed by atoms with van der Waals surface area (Å²) < 4.78 is 0. The Morgan fingerprint density at radius 3 is 0.250 bits per heavy atom. The van der Waals surface area contributed by atoms with Crippen molar-refractivity contribution >= 4 is 0 Å². The smallest absolute Gasteiger partial charge is 0 e. The second-order valence-corrected chi connectivity index (χ2v) is 0. The molecule has 0 bridgehead atoms. The van der Waals surface area contributed by atoms with Crippen LogP contribution in [0, 0.1) is 0 Å². The van der Waals surface area contributed by atoms with Crippen molar-refractivity contribution < 1.29 is 139 Å². The molecule has 0 N–H and O–H groups in total. The molecule has 8 heteroatoms. The summed E-state index contributed by atoms with van der Waals surface area (Å²) in [6.45, 7) is 0. The molecule has 0 aromatic carbocycles. The first-order valence-corrected chi connectivity index (χ1v) is 0. The fraction of sp³-hybridized carbons (Fsp3) is 0. The molecule has 0 saturated heterocycles. The van der Waals surface area contributed by atoms with E-state index in [9.17, 15) is 0 Å². The van der Waals surface area contributed by atoms with Gasteiger partial charge in [-0.2, -0.15) is 0 Å². The minimum atomic E-state index is 0. The molecule has 0 aliphatic heterocycles. The summed E-state index contributed by atoms with van der Waals surface area (Å²) in [5.41, 5.74) is 0. The van der Waals surface area contributed by atoms with E-state index < -0.39 is 0 Å². The Balaban J connectivity index is 0. The minimum absolute atomic E-state index is 0. The topological polar surface area (TPSA) is 0 Å². The van der Waals surface area contributed by atoms with Gasteiger partial charge in [-0.05, 0) is 0 Å². The van der Waals surface area contributed by atoms with E-state index in [1.54, 1.807) is 0 Å². The van der Waals surface area contributed by atoms with E-state index in [2.05, 4.69) is 0 Å². The molecule has 0 aliphatic carbocycles. The first-order valence-electron chi connectivity index (χ1n) is 0. The van der Waals surface area contributed by atoms with Gasteiger partial charge in [0, 0.05) is 139 Å². The van der Waals surface area contributed by atoms with E-state index in [0.717, 1.165) is 0 Å². The Bertz CT molecular complexity index is 4.35. The Hall–Kier alpha value is 4.25. The molecule has 8 heavy (non-hydrogen) atoms. The first kappa shape index (κ1) is 85.9. The maximum atomic E-state index is 0. The molecule has 0 radical (unpaired) electrons. The Morgan fingerprint density at radius 2 is 0.250 bits per heavy atom. The number of hydrogen-bond acceptors (Lipinski definition) is 0. The largest absolute Gasteiger partial charge is 0 e. The van der Waals surface area contributed by atoms with Crippen LogP contribution in [0.5, 0.6) is 0 Å². The summed E-state index contributed by atoms with van der Waals surface area (Å²) in [6.07, 6.45) is 0. The molecule has 0 amide bonds. The van der Waals surface area contributed by atoms with Gasteiger partial charge in [0.2, 0.25) is 0 Å². The Morgan fingerprint density at radius 1 is 0.250 bits per heavy atom. The van der Waals surface area contributed by atoms with Crippen LogP contribution in [0.1, 0.15) is 0 Å². The van der Waals surface area contributed by atoms with Gasteiger partial charge in [-0.15, -0.1) is 0 Å². The van der Waals surface area contributed by atoms with Crippen molar-refractivity contribution in [1.29, 1.82) is 0 Å². The van der Waals surface area contributed by atoms with Gasteiger partial charge in [0.15, 0.2) is 0 Å². The monoisotopic (exact) mass is 420 g/mol. The molecule has 0 aromatic heterocycles. The summed E-state index contributed by atoms with van der Waals surface area (Å²) >= 11 is 0. The molecule has 0 spiro atoms. The van der Waals surface area contributed by atoms with Crippen molar-refractivity contribution in [1.82, 2.24) is 0 Å². The van der Waals surface area contributed by atoms with Crippen LogP contribution in [0.3, 0.4) is 0 Å². The summed E-state index contributed by atoms with van der Waals surface area (Å²) in [5.74, 6) is 0. The molecule has 50 valence electrons. The number of hydrogen-bond donors (Lipinski definition) is 0. The van der Waals surface area contributed by atoms with Crippen LogP contribution >= 0.6 is 0 Å². The fourth-order valence-electron chi connectivity index (χ4n) is 0. The molecule has 0 aromatic rings. The molecule has 0 rings (SSSR count). The van der Waals surface area contributed by atoms with Gasteiger partial charge in [-0.1, -0.05) is 0 Å². The molecule has 0 saturated carbocycles. The zero-order valence-corrected chi connectivity index (χ0v) is 13.2. The summed E-state index contributed by atoms with van der Waals surface area (Å²) in [6, 6.07) is 0. The van der Waals surface area contributed by atoms with Crippen LogP contribution in [0.2, 0.25) is 0 Å². The van der Waals surface area contributed by atoms with Crippen LogP contribution < -0.4 is 0 Å². The Kier molecular flexibility index (Phi) is 703. The molecule has 0 atom stereocenters. The third-order valence-electron chi connectivity index (χ3n) is 0. The van der Waals surface area contributed by atoms with Crippen LogP contribution in [0.4, 0.5) is 0 Å². The maximum Gasteiger partial charge on any atom is 0 e. The van der Waals surface area contributed by atoms with E-state index in [0.29, 0.717) is 0 Å². The van der Waals surface area contributed by atoms with E-state index >= 15 is 0 Å². The van der Waals surface area contributed by atoms with Crippen LogP contribution in [-0.4, -0.2) is 0 Å². The fourth-order valence-corrected chi connectivity index (χ4v) is 0. The van der Waals surface area contributed by atoms with E-state index in [1.807, 2.05) is 0 Å². The predicted octanol–water partition coefficient (Wildman–Crippen LogP) is -0.0200. The van der Waals surface area contributed by atoms with Crippen molar-refractivity contribution in [2.75, 3.05) is 0 Å². The minimum Gasteiger partial charge on any atom is 0 e. The van der Waals surface area contributed by atoms with Gasteiger partial charge < -0.3 is 0 Å². The average Bonchev–Trinajstić information content (AvgIpc) is 0. The molecule has 0 fully saturated rings. The van der Waals surface area contributed by atoms with Gasteiger partial charge >= 0.3 is 0 Å². The average molecular weight is 420 g/mol.